The molecule has 0 aliphatic heterocycles. The minimum atomic E-state index is -0.0418. The van der Waals surface area contributed by atoms with Gasteiger partial charge in [-0.25, -0.2) is 0 Å². The number of rotatable bonds is 5. The topological polar surface area (TPSA) is 32.3 Å². The maximum absolute atomic E-state index is 10.7. The monoisotopic (exact) mass is 170 g/mol. The highest BCUT2D eigenvalue weighted by molar-refractivity contribution is 5.87. The highest BCUT2D eigenvalue weighted by atomic mass is 16.1. The lowest BCUT2D eigenvalue weighted by atomic mass is 10.4. The Balaban J connectivity index is 3.52. The van der Waals surface area contributed by atoms with Gasteiger partial charge in [0.1, 0.15) is 0 Å². The molecule has 0 saturated heterocycles. The molecule has 0 aliphatic carbocycles. The van der Waals surface area contributed by atoms with Gasteiger partial charge in [0.05, 0.1) is 0 Å². The second-order valence-corrected chi connectivity index (χ2v) is 2.78. The van der Waals surface area contributed by atoms with Gasteiger partial charge in [-0.2, -0.15) is 0 Å². The van der Waals surface area contributed by atoms with E-state index in [1.807, 2.05) is 13.1 Å². The molecule has 0 saturated carbocycles. The van der Waals surface area contributed by atoms with Crippen LogP contribution in [0.25, 0.3) is 0 Å². The molecule has 0 atom stereocenters. The van der Waals surface area contributed by atoms with E-state index in [1.54, 1.807) is 13.1 Å². The van der Waals surface area contributed by atoms with Crippen LogP contribution in [0, 0.1) is 0 Å². The summed E-state index contributed by atoms with van der Waals surface area (Å²) < 4.78 is 0. The van der Waals surface area contributed by atoms with Crippen LogP contribution in [0.3, 0.4) is 0 Å². The van der Waals surface area contributed by atoms with Crippen molar-refractivity contribution >= 4 is 5.91 Å². The summed E-state index contributed by atoms with van der Waals surface area (Å²) in [6, 6.07) is 0. The van der Waals surface area contributed by atoms with Crippen molar-refractivity contribution < 1.29 is 4.79 Å². The molecule has 70 valence electrons. The van der Waals surface area contributed by atoms with Gasteiger partial charge in [0.2, 0.25) is 5.91 Å². The summed E-state index contributed by atoms with van der Waals surface area (Å²) in [6.45, 7) is 4.04. The number of nitrogens with zero attached hydrogens (tertiary/aromatic N) is 1. The lowest BCUT2D eigenvalue weighted by molar-refractivity contribution is -0.116. The summed E-state index contributed by atoms with van der Waals surface area (Å²) >= 11 is 0. The van der Waals surface area contributed by atoms with E-state index in [1.165, 1.54) is 0 Å². The predicted octanol–water partition coefficient (Wildman–Crippen LogP) is 0.630. The Labute approximate surface area is 74.4 Å². The maximum atomic E-state index is 10.7. The second-order valence-electron chi connectivity index (χ2n) is 2.78. The molecule has 1 amide bonds. The Morgan fingerprint density at radius 1 is 1.58 bits per heavy atom. The first-order valence-electron chi connectivity index (χ1n) is 4.27. The first-order chi connectivity index (χ1) is 5.70. The van der Waals surface area contributed by atoms with Crippen molar-refractivity contribution in [3.63, 3.8) is 0 Å². The van der Waals surface area contributed by atoms with E-state index in [0.29, 0.717) is 0 Å². The molecular weight excluding hydrogens is 152 g/mol. The zero-order chi connectivity index (χ0) is 9.40. The number of carbonyl (C=O) groups excluding carboxylic acids is 1. The highest BCUT2D eigenvalue weighted by Crippen LogP contribution is 1.86. The first-order valence-corrected chi connectivity index (χ1v) is 4.27. The molecule has 3 nitrogen and oxygen atoms in total. The van der Waals surface area contributed by atoms with Crippen LogP contribution in [0.15, 0.2) is 12.2 Å². The molecule has 0 aliphatic rings. The molecule has 0 aromatic carbocycles. The Kier molecular flexibility index (Phi) is 6.38. The molecular formula is C9H18N2O. The Bertz CT molecular complexity index is 155. The third kappa shape index (κ3) is 5.92. The number of nitrogens with one attached hydrogen (secondary N) is 1. The van der Waals surface area contributed by atoms with E-state index >= 15 is 0 Å². The lowest BCUT2D eigenvalue weighted by Crippen LogP contribution is -2.20. The normalized spacial score (nSPS) is 11.0. The molecule has 0 unspecified atom stereocenters. The van der Waals surface area contributed by atoms with Crippen LogP contribution in [0.5, 0.6) is 0 Å². The van der Waals surface area contributed by atoms with Gasteiger partial charge in [-0.15, -0.1) is 0 Å². The average Bonchev–Trinajstić information content (AvgIpc) is 2.04. The van der Waals surface area contributed by atoms with Crippen LogP contribution in [0.4, 0.5) is 0 Å². The fourth-order valence-electron chi connectivity index (χ4n) is 0.896. The summed E-state index contributed by atoms with van der Waals surface area (Å²) in [5.41, 5.74) is 0. The van der Waals surface area contributed by atoms with E-state index in [4.69, 9.17) is 0 Å². The number of amides is 1. The minimum absolute atomic E-state index is 0.0418. The number of hydrogen-bond donors (Lipinski definition) is 1. The van der Waals surface area contributed by atoms with Gasteiger partial charge in [-0.05, 0) is 20.0 Å². The van der Waals surface area contributed by atoms with E-state index < -0.39 is 0 Å². The highest BCUT2D eigenvalue weighted by Gasteiger charge is 1.92. The van der Waals surface area contributed by atoms with E-state index in [2.05, 4.69) is 17.1 Å². The van der Waals surface area contributed by atoms with Crippen molar-refractivity contribution in [1.82, 2.24) is 10.2 Å². The van der Waals surface area contributed by atoms with Crippen molar-refractivity contribution in [2.45, 2.75) is 13.3 Å². The maximum Gasteiger partial charge on any atom is 0.243 e. The summed E-state index contributed by atoms with van der Waals surface area (Å²) in [6.07, 6.45) is 4.57. The number of hydrogen-bond acceptors (Lipinski definition) is 2. The van der Waals surface area contributed by atoms with E-state index in [0.717, 1.165) is 19.5 Å². The van der Waals surface area contributed by atoms with Crippen molar-refractivity contribution in [1.29, 1.82) is 0 Å². The van der Waals surface area contributed by atoms with Gasteiger partial charge in [-0.1, -0.05) is 13.0 Å². The summed E-state index contributed by atoms with van der Waals surface area (Å²) in [7, 11) is 3.67. The van der Waals surface area contributed by atoms with Gasteiger partial charge in [0.25, 0.3) is 0 Å². The Morgan fingerprint density at radius 2 is 2.25 bits per heavy atom. The second kappa shape index (κ2) is 6.85. The van der Waals surface area contributed by atoms with Crippen LogP contribution in [0.2, 0.25) is 0 Å². The molecule has 0 rings (SSSR count). The Morgan fingerprint density at radius 3 is 2.75 bits per heavy atom. The van der Waals surface area contributed by atoms with Crippen LogP contribution < -0.4 is 5.32 Å². The van der Waals surface area contributed by atoms with Crippen molar-refractivity contribution in [2.75, 3.05) is 27.2 Å². The van der Waals surface area contributed by atoms with Crippen molar-refractivity contribution in [2.24, 2.45) is 0 Å². The largest absolute Gasteiger partial charge is 0.356 e. The molecule has 1 N–H and O–H groups in total. The van der Waals surface area contributed by atoms with Crippen molar-refractivity contribution in [3.05, 3.63) is 12.2 Å². The molecule has 0 fully saturated rings. The van der Waals surface area contributed by atoms with E-state index in [9.17, 15) is 4.79 Å². The van der Waals surface area contributed by atoms with E-state index in [-0.39, 0.29) is 5.91 Å². The van der Waals surface area contributed by atoms with Gasteiger partial charge >= 0.3 is 0 Å². The fourth-order valence-corrected chi connectivity index (χ4v) is 0.896. The molecule has 0 bridgehead atoms. The van der Waals surface area contributed by atoms with Gasteiger partial charge in [-0.3, -0.25) is 4.79 Å². The molecule has 3 heteroatoms. The van der Waals surface area contributed by atoms with Crippen LogP contribution in [-0.2, 0) is 4.79 Å². The number of likely N-dealkylation sites (N-methyl/N-ethyl adjacent to an activating group) is 2. The average molecular weight is 170 g/mol. The fraction of sp³-hybridized carbons (Fsp3) is 0.667. The predicted molar refractivity (Wildman–Crippen MR) is 51.0 cm³/mol. The van der Waals surface area contributed by atoms with Crippen molar-refractivity contribution in [3.8, 4) is 0 Å². The summed E-state index contributed by atoms with van der Waals surface area (Å²) in [4.78, 5) is 12.9. The first kappa shape index (κ1) is 11.2. The van der Waals surface area contributed by atoms with Crippen LogP contribution in [0.1, 0.15) is 13.3 Å². The zero-order valence-corrected chi connectivity index (χ0v) is 8.13. The third-order valence-corrected chi connectivity index (χ3v) is 1.54. The minimum Gasteiger partial charge on any atom is -0.356 e. The smallest absolute Gasteiger partial charge is 0.243 e. The molecule has 0 spiro atoms. The van der Waals surface area contributed by atoms with Gasteiger partial charge in [0, 0.05) is 19.7 Å². The third-order valence-electron chi connectivity index (χ3n) is 1.54. The summed E-state index contributed by atoms with van der Waals surface area (Å²) in [5.74, 6) is -0.0418. The molecule has 0 heterocycles. The SMILES string of the molecule is CCCN(C)C/C=C/C(=O)NC. The van der Waals surface area contributed by atoms with Crippen LogP contribution >= 0.6 is 0 Å². The molecule has 0 aromatic rings. The van der Waals surface area contributed by atoms with Gasteiger partial charge < -0.3 is 10.2 Å². The molecule has 0 radical (unpaired) electrons. The zero-order valence-electron chi connectivity index (χ0n) is 8.13. The number of carbonyl (C=O) groups is 1. The Hall–Kier alpha value is -0.830. The quantitative estimate of drug-likeness (QED) is 0.614. The molecule has 12 heavy (non-hydrogen) atoms. The van der Waals surface area contributed by atoms with Gasteiger partial charge in [0.15, 0.2) is 0 Å². The van der Waals surface area contributed by atoms with Crippen LogP contribution in [-0.4, -0.2) is 38.0 Å². The summed E-state index contributed by atoms with van der Waals surface area (Å²) in [5, 5.41) is 2.53. The standard InChI is InChI=1S/C9H18N2O/c1-4-7-11(3)8-5-6-9(12)10-2/h5-6H,4,7-8H2,1-3H3,(H,10,12)/b6-5+. The lowest BCUT2D eigenvalue weighted by Gasteiger charge is -2.11. The molecule has 0 aromatic heterocycles.